The molecule has 0 saturated heterocycles. The molecule has 88 valence electrons. The van der Waals surface area contributed by atoms with Crippen LogP contribution in [0.25, 0.3) is 0 Å². The Morgan fingerprint density at radius 1 is 1.65 bits per heavy atom. The van der Waals surface area contributed by atoms with Crippen molar-refractivity contribution in [3.63, 3.8) is 0 Å². The van der Waals surface area contributed by atoms with Gasteiger partial charge < -0.3 is 10.4 Å². The van der Waals surface area contributed by atoms with Crippen molar-refractivity contribution in [3.8, 4) is 0 Å². The molecule has 1 N–H and O–H groups in total. The first-order valence-electron chi connectivity index (χ1n) is 5.18. The topological polar surface area (TPSA) is 64.5 Å². The number of nitrogens with one attached hydrogen (secondary N) is 1. The molecule has 6 heteroatoms. The van der Waals surface area contributed by atoms with Gasteiger partial charge in [0.1, 0.15) is 0 Å². The Hall–Kier alpha value is -0.230. The van der Waals surface area contributed by atoms with Gasteiger partial charge in [0.15, 0.2) is 5.11 Å². The second-order valence-corrected chi connectivity index (χ2v) is 4.53. The average Bonchev–Trinajstić information content (AvgIpc) is 2.13. The third-order valence-electron chi connectivity index (χ3n) is 2.55. The molecule has 1 heterocycles. The molecule has 1 amide bonds. The van der Waals surface area contributed by atoms with Crippen molar-refractivity contribution in [2.24, 2.45) is 10.4 Å². The van der Waals surface area contributed by atoms with Gasteiger partial charge in [-0.2, -0.15) is 0 Å². The van der Waals surface area contributed by atoms with Gasteiger partial charge in [0, 0.05) is 0 Å². The van der Waals surface area contributed by atoms with Crippen LogP contribution < -0.4 is 40.0 Å². The zero-order valence-corrected chi connectivity index (χ0v) is 13.3. The molecule has 1 unspecified atom stereocenters. The number of carbonyl (C=O) groups excluding carboxylic acids is 1. The van der Waals surface area contributed by atoms with Gasteiger partial charge in [-0.25, -0.2) is 4.99 Å². The van der Waals surface area contributed by atoms with E-state index in [0.717, 1.165) is 12.0 Å². The maximum Gasteiger partial charge on any atom is 1.00 e. The van der Waals surface area contributed by atoms with Crippen molar-refractivity contribution >= 4 is 29.1 Å². The summed E-state index contributed by atoms with van der Waals surface area (Å²) in [5, 5.41) is 14.3. The Kier molecular flexibility index (Phi) is 6.55. The molecule has 0 radical (unpaired) electrons. The molecule has 0 spiro atoms. The molecule has 17 heavy (non-hydrogen) atoms. The quantitative estimate of drug-likeness (QED) is 0.359. The summed E-state index contributed by atoms with van der Waals surface area (Å²) in [5.41, 5.74) is -0.303. The van der Waals surface area contributed by atoms with Crippen LogP contribution >= 0.6 is 12.2 Å². The number of carbonyl (C=O) groups is 1. The number of thiocarbonyl (C=S) groups is 1. The van der Waals surface area contributed by atoms with Crippen molar-refractivity contribution in [2.45, 2.75) is 33.1 Å². The van der Waals surface area contributed by atoms with Crippen LogP contribution in [-0.4, -0.2) is 16.9 Å². The van der Waals surface area contributed by atoms with Crippen LogP contribution in [0.5, 0.6) is 0 Å². The van der Waals surface area contributed by atoms with E-state index < -0.39 is 11.3 Å². The Bertz CT molecular complexity index is 382. The fraction of sp³-hybridized carbons (Fsp3) is 0.545. The van der Waals surface area contributed by atoms with E-state index in [1.54, 1.807) is 6.92 Å². The van der Waals surface area contributed by atoms with Gasteiger partial charge in [0.05, 0.1) is 5.41 Å². The molecule has 0 saturated carbocycles. The normalized spacial score (nSPS) is 23.5. The zero-order valence-electron chi connectivity index (χ0n) is 10.5. The molecule has 0 fully saturated rings. The van der Waals surface area contributed by atoms with E-state index in [9.17, 15) is 9.90 Å². The average molecular weight is 262 g/mol. The maximum absolute atomic E-state index is 11.9. The smallest absolute Gasteiger partial charge is 0.861 e. The number of hydrogen-bond acceptors (Lipinski definition) is 3. The van der Waals surface area contributed by atoms with E-state index in [2.05, 4.69) is 16.9 Å². The van der Waals surface area contributed by atoms with E-state index >= 15 is 0 Å². The van der Waals surface area contributed by atoms with Gasteiger partial charge in [-0.05, 0) is 37.9 Å². The third-order valence-corrected chi connectivity index (χ3v) is 2.74. The van der Waals surface area contributed by atoms with Crippen LogP contribution in [0.15, 0.2) is 17.1 Å². The zero-order chi connectivity index (χ0) is 12.3. The third kappa shape index (κ3) is 3.61. The predicted octanol–water partition coefficient (Wildman–Crippen LogP) is -2.08. The van der Waals surface area contributed by atoms with Crippen LogP contribution in [0, 0.1) is 5.41 Å². The van der Waals surface area contributed by atoms with Crippen LogP contribution in [0.4, 0.5) is 0 Å². The summed E-state index contributed by atoms with van der Waals surface area (Å²) in [4.78, 5) is 15.6. The summed E-state index contributed by atoms with van der Waals surface area (Å²) < 4.78 is 0. The van der Waals surface area contributed by atoms with E-state index in [-0.39, 0.29) is 40.6 Å². The van der Waals surface area contributed by atoms with E-state index in [1.165, 1.54) is 0 Å². The molecular weight excluding hydrogens is 247 g/mol. The Balaban J connectivity index is 0.00000256. The monoisotopic (exact) mass is 262 g/mol. The molecule has 0 aromatic carbocycles. The number of hydrogen-bond donors (Lipinski definition) is 1. The molecule has 0 aromatic rings. The van der Waals surface area contributed by atoms with Gasteiger partial charge in [-0.1, -0.05) is 18.9 Å². The molecule has 1 aliphatic rings. The minimum absolute atomic E-state index is 0. The maximum atomic E-state index is 11.9. The molecule has 0 bridgehead atoms. The first kappa shape index (κ1) is 16.8. The minimum atomic E-state index is -1.09. The van der Waals surface area contributed by atoms with Gasteiger partial charge in [0.2, 0.25) is 5.91 Å². The molecular formula is C11H15N2NaO2S. The number of aliphatic imine (C=N–C) groups is 1. The molecule has 4 nitrogen and oxygen atoms in total. The van der Waals surface area contributed by atoms with Gasteiger partial charge >= 0.3 is 29.6 Å². The largest absolute Gasteiger partial charge is 1.00 e. The van der Waals surface area contributed by atoms with Crippen molar-refractivity contribution in [1.82, 2.24) is 5.32 Å². The first-order valence-corrected chi connectivity index (χ1v) is 5.59. The SMILES string of the molecule is C=C(C)CC1(CCC)C(=O)NC(=S)N=C1[O-].[Na+]. The standard InChI is InChI=1S/C11H16N2O2S.Na/c1-4-5-11(6-7(2)3)8(14)12-10(16)13-9(11)15;/h2,4-6H2,1,3H3,(H2,12,13,14,15,16);/q;+1/p-1. The Labute approximate surface area is 129 Å². The second kappa shape index (κ2) is 6.64. The van der Waals surface area contributed by atoms with Gasteiger partial charge in [-0.3, -0.25) is 4.79 Å². The summed E-state index contributed by atoms with van der Waals surface area (Å²) in [6, 6.07) is 0. The van der Waals surface area contributed by atoms with E-state index in [0.29, 0.717) is 12.8 Å². The summed E-state index contributed by atoms with van der Waals surface area (Å²) in [5.74, 6) is -0.784. The van der Waals surface area contributed by atoms with Crippen LogP contribution in [0.2, 0.25) is 0 Å². The predicted molar refractivity (Wildman–Crippen MR) is 64.9 cm³/mol. The summed E-state index contributed by atoms with van der Waals surface area (Å²) in [6.07, 6.45) is 1.53. The van der Waals surface area contributed by atoms with Crippen LogP contribution in [0.3, 0.4) is 0 Å². The van der Waals surface area contributed by atoms with Crippen molar-refractivity contribution in [1.29, 1.82) is 0 Å². The number of rotatable bonds is 4. The van der Waals surface area contributed by atoms with Gasteiger partial charge in [0.25, 0.3) is 0 Å². The van der Waals surface area contributed by atoms with Crippen LogP contribution in [0.1, 0.15) is 33.1 Å². The minimum Gasteiger partial charge on any atom is -0.861 e. The second-order valence-electron chi connectivity index (χ2n) is 4.14. The molecule has 1 aliphatic heterocycles. The summed E-state index contributed by atoms with van der Waals surface area (Å²) in [6.45, 7) is 7.48. The molecule has 1 rings (SSSR count). The molecule has 0 aromatic heterocycles. The Morgan fingerprint density at radius 2 is 2.24 bits per heavy atom. The Morgan fingerprint density at radius 3 is 2.65 bits per heavy atom. The van der Waals surface area contributed by atoms with E-state index in [1.807, 2.05) is 6.92 Å². The van der Waals surface area contributed by atoms with Crippen LogP contribution in [-0.2, 0) is 4.79 Å². The first-order chi connectivity index (χ1) is 7.42. The van der Waals surface area contributed by atoms with Crippen molar-refractivity contribution in [3.05, 3.63) is 12.2 Å². The fourth-order valence-corrected chi connectivity index (χ4v) is 2.12. The van der Waals surface area contributed by atoms with Crippen molar-refractivity contribution in [2.75, 3.05) is 0 Å². The van der Waals surface area contributed by atoms with Crippen molar-refractivity contribution < 1.29 is 39.5 Å². The number of nitrogens with zero attached hydrogens (tertiary/aromatic N) is 1. The summed E-state index contributed by atoms with van der Waals surface area (Å²) >= 11 is 4.72. The number of allylic oxidation sites excluding steroid dienone is 1. The van der Waals surface area contributed by atoms with E-state index in [4.69, 9.17) is 12.2 Å². The molecule has 1 atom stereocenters. The summed E-state index contributed by atoms with van der Waals surface area (Å²) in [7, 11) is 0. The number of amides is 1. The fourth-order valence-electron chi connectivity index (χ4n) is 1.95. The van der Waals surface area contributed by atoms with Gasteiger partial charge in [-0.15, -0.1) is 6.58 Å². The molecule has 0 aliphatic carbocycles.